The van der Waals surface area contributed by atoms with E-state index in [0.717, 1.165) is 0 Å². The lowest BCUT2D eigenvalue weighted by Crippen LogP contribution is -1.78. The van der Waals surface area contributed by atoms with Crippen LogP contribution in [-0.2, 0) is 0 Å². The molecule has 0 aromatic rings. The molecule has 1 atom stereocenters. The van der Waals surface area contributed by atoms with Gasteiger partial charge in [-0.3, -0.25) is 0 Å². The van der Waals surface area contributed by atoms with E-state index < -0.39 is 0 Å². The normalized spacial score (nSPS) is 21.2. The molecule has 1 nitrogen and oxygen atoms in total. The fourth-order valence-corrected chi connectivity index (χ4v) is 0.699. The SMILES string of the molecule is C=C.CC1C=CC=C(O)C=C1. The summed E-state index contributed by atoms with van der Waals surface area (Å²) >= 11 is 0. The molecule has 0 saturated carbocycles. The Morgan fingerprint density at radius 2 is 2.00 bits per heavy atom. The van der Waals surface area contributed by atoms with Crippen molar-refractivity contribution in [2.45, 2.75) is 6.92 Å². The third-order valence-corrected chi connectivity index (χ3v) is 1.25. The maximum absolute atomic E-state index is 8.93. The van der Waals surface area contributed by atoms with Crippen LogP contribution in [0.25, 0.3) is 0 Å². The summed E-state index contributed by atoms with van der Waals surface area (Å²) in [6, 6.07) is 0. The molecule has 1 unspecified atom stereocenters. The molecule has 0 radical (unpaired) electrons. The van der Waals surface area contributed by atoms with Crippen LogP contribution < -0.4 is 0 Å². The Morgan fingerprint density at radius 3 is 2.64 bits per heavy atom. The van der Waals surface area contributed by atoms with Crippen molar-refractivity contribution in [3.05, 3.63) is 49.3 Å². The standard InChI is InChI=1S/C8H10O.C2H4/c1-7-3-2-4-8(9)6-5-7;1-2/h2-7,9H,1H3;1-2H2. The minimum Gasteiger partial charge on any atom is -0.508 e. The van der Waals surface area contributed by atoms with Crippen LogP contribution in [0.2, 0.25) is 0 Å². The van der Waals surface area contributed by atoms with Gasteiger partial charge in [0.25, 0.3) is 0 Å². The van der Waals surface area contributed by atoms with Crippen molar-refractivity contribution in [2.24, 2.45) is 5.92 Å². The topological polar surface area (TPSA) is 20.2 Å². The lowest BCUT2D eigenvalue weighted by Gasteiger charge is -1.91. The second-order valence-electron chi connectivity index (χ2n) is 2.19. The molecular formula is C10H14O. The van der Waals surface area contributed by atoms with Gasteiger partial charge < -0.3 is 5.11 Å². The summed E-state index contributed by atoms with van der Waals surface area (Å²) in [6.45, 7) is 8.07. The van der Waals surface area contributed by atoms with E-state index in [4.69, 9.17) is 5.11 Å². The smallest absolute Gasteiger partial charge is 0.115 e. The van der Waals surface area contributed by atoms with Crippen LogP contribution in [0, 0.1) is 5.92 Å². The molecule has 60 valence electrons. The van der Waals surface area contributed by atoms with Crippen molar-refractivity contribution in [3.63, 3.8) is 0 Å². The van der Waals surface area contributed by atoms with Crippen molar-refractivity contribution in [3.8, 4) is 0 Å². The Labute approximate surface area is 68.1 Å². The molecule has 1 heteroatoms. The molecule has 0 aromatic heterocycles. The van der Waals surface area contributed by atoms with Crippen LogP contribution in [0.3, 0.4) is 0 Å². The summed E-state index contributed by atoms with van der Waals surface area (Å²) in [6.07, 6.45) is 9.24. The first kappa shape index (κ1) is 9.76. The van der Waals surface area contributed by atoms with Crippen molar-refractivity contribution in [1.82, 2.24) is 0 Å². The molecule has 0 bridgehead atoms. The molecule has 1 N–H and O–H groups in total. The van der Waals surface area contributed by atoms with Crippen LogP contribution in [0.1, 0.15) is 6.92 Å². The Hall–Kier alpha value is -1.24. The molecular weight excluding hydrogens is 136 g/mol. The van der Waals surface area contributed by atoms with Gasteiger partial charge in [-0.15, -0.1) is 13.2 Å². The summed E-state index contributed by atoms with van der Waals surface area (Å²) in [5.74, 6) is 0.765. The van der Waals surface area contributed by atoms with Gasteiger partial charge in [0.2, 0.25) is 0 Å². The molecule has 0 aromatic carbocycles. The largest absolute Gasteiger partial charge is 0.508 e. The zero-order chi connectivity index (χ0) is 8.69. The molecule has 1 aliphatic carbocycles. The van der Waals surface area contributed by atoms with Gasteiger partial charge in [0.15, 0.2) is 0 Å². The summed E-state index contributed by atoms with van der Waals surface area (Å²) in [5, 5.41) is 8.93. The molecule has 0 fully saturated rings. The Kier molecular flexibility index (Phi) is 4.91. The van der Waals surface area contributed by atoms with E-state index in [1.165, 1.54) is 0 Å². The number of aliphatic hydroxyl groups is 1. The molecule has 0 saturated heterocycles. The van der Waals surface area contributed by atoms with E-state index in [9.17, 15) is 0 Å². The third-order valence-electron chi connectivity index (χ3n) is 1.25. The van der Waals surface area contributed by atoms with E-state index in [0.29, 0.717) is 11.7 Å². The highest BCUT2D eigenvalue weighted by Crippen LogP contribution is 2.06. The fourth-order valence-electron chi connectivity index (χ4n) is 0.699. The number of rotatable bonds is 0. The van der Waals surface area contributed by atoms with Gasteiger partial charge in [0.05, 0.1) is 0 Å². The van der Waals surface area contributed by atoms with Crippen LogP contribution >= 0.6 is 0 Å². The molecule has 0 aliphatic heterocycles. The summed E-state index contributed by atoms with van der Waals surface area (Å²) < 4.78 is 0. The minimum absolute atomic E-state index is 0.329. The van der Waals surface area contributed by atoms with Crippen LogP contribution in [-0.4, -0.2) is 5.11 Å². The van der Waals surface area contributed by atoms with E-state index in [-0.39, 0.29) is 0 Å². The zero-order valence-corrected chi connectivity index (χ0v) is 6.83. The number of aliphatic hydroxyl groups excluding tert-OH is 1. The van der Waals surface area contributed by atoms with Crippen LogP contribution in [0.5, 0.6) is 0 Å². The third kappa shape index (κ3) is 4.20. The predicted molar refractivity (Wildman–Crippen MR) is 49.4 cm³/mol. The summed E-state index contributed by atoms with van der Waals surface area (Å²) in [5.41, 5.74) is 0. The van der Waals surface area contributed by atoms with Gasteiger partial charge in [-0.2, -0.15) is 0 Å². The highest BCUT2D eigenvalue weighted by atomic mass is 16.3. The predicted octanol–water partition coefficient (Wildman–Crippen LogP) is 2.99. The quantitative estimate of drug-likeness (QED) is 0.526. The number of hydrogen-bond acceptors (Lipinski definition) is 1. The lowest BCUT2D eigenvalue weighted by molar-refractivity contribution is 0.432. The molecule has 0 amide bonds. The lowest BCUT2D eigenvalue weighted by atomic mass is 10.2. The Bertz CT molecular complexity index is 187. The molecule has 0 heterocycles. The highest BCUT2D eigenvalue weighted by molar-refractivity contribution is 5.22. The van der Waals surface area contributed by atoms with Gasteiger partial charge >= 0.3 is 0 Å². The van der Waals surface area contributed by atoms with Gasteiger partial charge in [0.1, 0.15) is 5.76 Å². The first-order chi connectivity index (χ1) is 5.29. The monoisotopic (exact) mass is 150 g/mol. The van der Waals surface area contributed by atoms with Gasteiger partial charge in [-0.1, -0.05) is 25.2 Å². The highest BCUT2D eigenvalue weighted by Gasteiger charge is 1.92. The summed E-state index contributed by atoms with van der Waals surface area (Å²) in [4.78, 5) is 0. The second-order valence-corrected chi connectivity index (χ2v) is 2.19. The number of hydrogen-bond donors (Lipinski definition) is 1. The van der Waals surface area contributed by atoms with Gasteiger partial charge in [-0.05, 0) is 18.1 Å². The minimum atomic E-state index is 0.329. The van der Waals surface area contributed by atoms with E-state index >= 15 is 0 Å². The van der Waals surface area contributed by atoms with Gasteiger partial charge in [-0.25, -0.2) is 0 Å². The van der Waals surface area contributed by atoms with Crippen molar-refractivity contribution < 1.29 is 5.11 Å². The van der Waals surface area contributed by atoms with Crippen molar-refractivity contribution in [2.75, 3.05) is 0 Å². The van der Waals surface area contributed by atoms with Gasteiger partial charge in [0, 0.05) is 0 Å². The number of allylic oxidation sites excluding steroid dienone is 5. The Morgan fingerprint density at radius 1 is 1.36 bits per heavy atom. The van der Waals surface area contributed by atoms with E-state index in [2.05, 4.69) is 20.1 Å². The first-order valence-electron chi connectivity index (χ1n) is 3.54. The van der Waals surface area contributed by atoms with Crippen molar-refractivity contribution >= 4 is 0 Å². The van der Waals surface area contributed by atoms with Crippen LogP contribution in [0.4, 0.5) is 0 Å². The maximum atomic E-state index is 8.93. The maximum Gasteiger partial charge on any atom is 0.115 e. The molecule has 0 spiro atoms. The van der Waals surface area contributed by atoms with Crippen molar-refractivity contribution in [1.29, 1.82) is 0 Å². The van der Waals surface area contributed by atoms with E-state index in [1.54, 1.807) is 12.2 Å². The molecule has 1 rings (SSSR count). The Balaban J connectivity index is 0.000000461. The van der Waals surface area contributed by atoms with Crippen LogP contribution in [0.15, 0.2) is 49.3 Å². The average Bonchev–Trinajstić information content (AvgIpc) is 2.20. The average molecular weight is 150 g/mol. The summed E-state index contributed by atoms with van der Waals surface area (Å²) in [7, 11) is 0. The second kappa shape index (κ2) is 5.54. The molecule has 11 heavy (non-hydrogen) atoms. The first-order valence-corrected chi connectivity index (χ1v) is 3.54. The fraction of sp³-hybridized carbons (Fsp3) is 0.200. The molecule has 1 aliphatic rings. The van der Waals surface area contributed by atoms with E-state index in [1.807, 2.05) is 18.2 Å². The zero-order valence-electron chi connectivity index (χ0n) is 6.83.